The largest absolute Gasteiger partial charge is 0.495 e. The SMILES string of the molecule is COc1ccccc1N1CC[C@H](N(C)[C@H](C)C[S@@](C)=O)C1=O. The third-order valence-electron chi connectivity index (χ3n) is 4.22. The van der Waals surface area contributed by atoms with Crippen molar-refractivity contribution in [2.24, 2.45) is 0 Å². The highest BCUT2D eigenvalue weighted by molar-refractivity contribution is 7.84. The molecule has 1 amide bonds. The minimum Gasteiger partial charge on any atom is -0.495 e. The third kappa shape index (κ3) is 3.50. The van der Waals surface area contributed by atoms with Crippen molar-refractivity contribution in [3.05, 3.63) is 24.3 Å². The summed E-state index contributed by atoms with van der Waals surface area (Å²) < 4.78 is 16.8. The predicted octanol–water partition coefficient (Wildman–Crippen LogP) is 1.50. The molecule has 1 aromatic carbocycles. The van der Waals surface area contributed by atoms with Crippen LogP contribution in [0.4, 0.5) is 5.69 Å². The van der Waals surface area contributed by atoms with E-state index < -0.39 is 10.8 Å². The number of hydrogen-bond donors (Lipinski definition) is 0. The van der Waals surface area contributed by atoms with E-state index in [-0.39, 0.29) is 18.0 Å². The summed E-state index contributed by atoms with van der Waals surface area (Å²) in [5.74, 6) is 1.37. The van der Waals surface area contributed by atoms with E-state index in [0.717, 1.165) is 12.1 Å². The van der Waals surface area contributed by atoms with Gasteiger partial charge in [-0.1, -0.05) is 12.1 Å². The van der Waals surface area contributed by atoms with Gasteiger partial charge in [0.1, 0.15) is 5.75 Å². The maximum absolute atomic E-state index is 12.8. The molecular formula is C16H24N2O3S. The first kappa shape index (κ1) is 17.0. The van der Waals surface area contributed by atoms with Crippen LogP contribution in [-0.2, 0) is 15.6 Å². The smallest absolute Gasteiger partial charge is 0.244 e. The van der Waals surface area contributed by atoms with Gasteiger partial charge in [-0.3, -0.25) is 13.9 Å². The van der Waals surface area contributed by atoms with Gasteiger partial charge in [-0.2, -0.15) is 0 Å². The van der Waals surface area contributed by atoms with Crippen LogP contribution >= 0.6 is 0 Å². The second kappa shape index (κ2) is 7.24. The van der Waals surface area contributed by atoms with E-state index in [1.54, 1.807) is 18.3 Å². The van der Waals surface area contributed by atoms with Crippen LogP contribution in [0.15, 0.2) is 24.3 Å². The fourth-order valence-electron chi connectivity index (χ4n) is 2.90. The van der Waals surface area contributed by atoms with Crippen LogP contribution in [0.1, 0.15) is 13.3 Å². The van der Waals surface area contributed by atoms with Gasteiger partial charge in [-0.25, -0.2) is 0 Å². The maximum Gasteiger partial charge on any atom is 0.244 e. The van der Waals surface area contributed by atoms with Crippen molar-refractivity contribution in [3.63, 3.8) is 0 Å². The summed E-state index contributed by atoms with van der Waals surface area (Å²) >= 11 is 0. The van der Waals surface area contributed by atoms with E-state index >= 15 is 0 Å². The first-order valence-corrected chi connectivity index (χ1v) is 9.14. The maximum atomic E-state index is 12.8. The molecule has 1 aliphatic heterocycles. The summed E-state index contributed by atoms with van der Waals surface area (Å²) in [4.78, 5) is 16.6. The van der Waals surface area contributed by atoms with E-state index in [2.05, 4.69) is 0 Å². The minimum atomic E-state index is -0.864. The van der Waals surface area contributed by atoms with Crippen LogP contribution in [0.25, 0.3) is 0 Å². The Hall–Kier alpha value is -1.40. The molecule has 0 radical (unpaired) electrons. The Labute approximate surface area is 134 Å². The molecule has 0 N–H and O–H groups in total. The molecule has 5 nitrogen and oxygen atoms in total. The van der Waals surface area contributed by atoms with E-state index in [4.69, 9.17) is 4.74 Å². The Morgan fingerprint density at radius 1 is 1.45 bits per heavy atom. The number of rotatable bonds is 6. The number of para-hydroxylation sites is 2. The number of likely N-dealkylation sites (N-methyl/N-ethyl adjacent to an activating group) is 1. The van der Waals surface area contributed by atoms with Gasteiger partial charge in [0.25, 0.3) is 0 Å². The molecule has 0 spiro atoms. The lowest BCUT2D eigenvalue weighted by molar-refractivity contribution is -0.121. The first-order chi connectivity index (χ1) is 10.5. The Kier molecular flexibility index (Phi) is 5.58. The molecule has 1 aliphatic rings. The van der Waals surface area contributed by atoms with Crippen LogP contribution in [0.5, 0.6) is 5.75 Å². The lowest BCUT2D eigenvalue weighted by atomic mass is 10.2. The van der Waals surface area contributed by atoms with Crippen LogP contribution in [0.3, 0.4) is 0 Å². The topological polar surface area (TPSA) is 49.9 Å². The van der Waals surface area contributed by atoms with Gasteiger partial charge in [-0.05, 0) is 32.5 Å². The van der Waals surface area contributed by atoms with Crippen molar-refractivity contribution in [2.45, 2.75) is 25.4 Å². The average molecular weight is 324 g/mol. The summed E-state index contributed by atoms with van der Waals surface area (Å²) in [6.45, 7) is 2.69. The van der Waals surface area contributed by atoms with Gasteiger partial charge in [0, 0.05) is 35.4 Å². The fraction of sp³-hybridized carbons (Fsp3) is 0.562. The summed E-state index contributed by atoms with van der Waals surface area (Å²) in [5.41, 5.74) is 0.817. The van der Waals surface area contributed by atoms with Crippen molar-refractivity contribution in [1.82, 2.24) is 4.90 Å². The molecule has 122 valence electrons. The quantitative estimate of drug-likeness (QED) is 0.796. The second-order valence-corrected chi connectivity index (χ2v) is 7.20. The van der Waals surface area contributed by atoms with Gasteiger partial charge in [-0.15, -0.1) is 0 Å². The van der Waals surface area contributed by atoms with Crippen molar-refractivity contribution < 1.29 is 13.7 Å². The number of nitrogens with zero attached hydrogens (tertiary/aromatic N) is 2. The van der Waals surface area contributed by atoms with Crippen LogP contribution in [0.2, 0.25) is 0 Å². The number of carbonyl (C=O) groups is 1. The van der Waals surface area contributed by atoms with Gasteiger partial charge >= 0.3 is 0 Å². The van der Waals surface area contributed by atoms with Crippen molar-refractivity contribution in [3.8, 4) is 5.75 Å². The molecule has 2 rings (SSSR count). The van der Waals surface area contributed by atoms with E-state index in [0.29, 0.717) is 18.0 Å². The number of carbonyl (C=O) groups excluding carboxylic acids is 1. The molecular weight excluding hydrogens is 300 g/mol. The molecule has 0 saturated carbocycles. The molecule has 1 aromatic rings. The van der Waals surface area contributed by atoms with E-state index in [9.17, 15) is 9.00 Å². The van der Waals surface area contributed by atoms with Gasteiger partial charge in [0.2, 0.25) is 5.91 Å². The lowest BCUT2D eigenvalue weighted by Gasteiger charge is -2.29. The third-order valence-corrected chi connectivity index (χ3v) is 5.17. The zero-order chi connectivity index (χ0) is 16.3. The van der Waals surface area contributed by atoms with Crippen molar-refractivity contribution >= 4 is 22.4 Å². The van der Waals surface area contributed by atoms with Crippen molar-refractivity contribution in [1.29, 1.82) is 0 Å². The second-order valence-electron chi connectivity index (χ2n) is 5.72. The highest BCUT2D eigenvalue weighted by Crippen LogP contribution is 2.32. The molecule has 22 heavy (non-hydrogen) atoms. The van der Waals surface area contributed by atoms with Crippen molar-refractivity contribution in [2.75, 3.05) is 37.6 Å². The number of ether oxygens (including phenoxy) is 1. The number of amides is 1. The van der Waals surface area contributed by atoms with Gasteiger partial charge < -0.3 is 9.64 Å². The number of benzene rings is 1. The Bertz CT molecular complexity index is 564. The zero-order valence-corrected chi connectivity index (χ0v) is 14.4. The highest BCUT2D eigenvalue weighted by atomic mass is 32.2. The Balaban J connectivity index is 2.14. The Morgan fingerprint density at radius 3 is 2.77 bits per heavy atom. The molecule has 6 heteroatoms. The fourth-order valence-corrected chi connectivity index (χ4v) is 3.81. The monoisotopic (exact) mass is 324 g/mol. The van der Waals surface area contributed by atoms with Crippen LogP contribution < -0.4 is 9.64 Å². The molecule has 3 atom stereocenters. The summed E-state index contributed by atoms with van der Waals surface area (Å²) in [7, 11) is 2.69. The number of methoxy groups -OCH3 is 1. The summed E-state index contributed by atoms with van der Waals surface area (Å²) in [6, 6.07) is 7.52. The average Bonchev–Trinajstić information content (AvgIpc) is 2.87. The van der Waals surface area contributed by atoms with Gasteiger partial charge in [0.15, 0.2) is 0 Å². The molecule has 1 saturated heterocycles. The lowest BCUT2D eigenvalue weighted by Crippen LogP contribution is -2.45. The standard InChI is InChI=1S/C16H24N2O3S/c1-12(11-22(4)20)17(2)14-9-10-18(16(14)19)13-7-5-6-8-15(13)21-3/h5-8,12,14H,9-11H2,1-4H3/t12-,14+,22-/m1/s1. The first-order valence-electron chi connectivity index (χ1n) is 7.42. The molecule has 1 heterocycles. The number of hydrogen-bond acceptors (Lipinski definition) is 4. The molecule has 0 aliphatic carbocycles. The highest BCUT2D eigenvalue weighted by Gasteiger charge is 2.37. The van der Waals surface area contributed by atoms with Crippen LogP contribution in [-0.4, -0.2) is 59.8 Å². The predicted molar refractivity (Wildman–Crippen MR) is 89.9 cm³/mol. The molecule has 0 bridgehead atoms. The molecule has 0 unspecified atom stereocenters. The van der Waals surface area contributed by atoms with Gasteiger partial charge in [0.05, 0.1) is 18.8 Å². The summed E-state index contributed by atoms with van der Waals surface area (Å²) in [5, 5.41) is 0. The van der Waals surface area contributed by atoms with Crippen LogP contribution in [0, 0.1) is 0 Å². The zero-order valence-electron chi connectivity index (χ0n) is 13.6. The summed E-state index contributed by atoms with van der Waals surface area (Å²) in [6.07, 6.45) is 2.47. The van der Waals surface area contributed by atoms with E-state index in [1.165, 1.54) is 0 Å². The normalized spacial score (nSPS) is 21.2. The molecule has 1 fully saturated rings. The number of anilines is 1. The minimum absolute atomic E-state index is 0.0840. The molecule has 0 aromatic heterocycles. The van der Waals surface area contributed by atoms with E-state index in [1.807, 2.05) is 43.1 Å². The Morgan fingerprint density at radius 2 is 2.14 bits per heavy atom.